The van der Waals surface area contributed by atoms with E-state index in [0.29, 0.717) is 12.0 Å². The van der Waals surface area contributed by atoms with Crippen LogP contribution < -0.4 is 11.2 Å². The summed E-state index contributed by atoms with van der Waals surface area (Å²) in [5, 5.41) is 0. The number of rotatable bonds is 3. The fourth-order valence-corrected chi connectivity index (χ4v) is 2.53. The average Bonchev–Trinajstić information content (AvgIpc) is 2.79. The molecular formula is C12H21N3. The van der Waals surface area contributed by atoms with E-state index in [2.05, 4.69) is 36.1 Å². The van der Waals surface area contributed by atoms with Crippen LogP contribution in [0.15, 0.2) is 12.1 Å². The van der Waals surface area contributed by atoms with Crippen molar-refractivity contribution >= 4 is 0 Å². The molecule has 3 N–H and O–H groups in total. The van der Waals surface area contributed by atoms with Gasteiger partial charge in [-0.05, 0) is 51.3 Å². The lowest BCUT2D eigenvalue weighted by molar-refractivity contribution is 0.481. The van der Waals surface area contributed by atoms with Gasteiger partial charge in [-0.2, -0.15) is 0 Å². The van der Waals surface area contributed by atoms with Crippen LogP contribution in [0, 0.1) is 19.8 Å². The fourth-order valence-electron chi connectivity index (χ4n) is 2.53. The second-order valence-corrected chi connectivity index (χ2v) is 4.61. The van der Waals surface area contributed by atoms with Gasteiger partial charge in [0.15, 0.2) is 0 Å². The SMILES string of the molecule is Cc1ccc(C)n1NC1CCCC1CN. The molecule has 0 saturated heterocycles. The highest BCUT2D eigenvalue weighted by Crippen LogP contribution is 2.25. The zero-order valence-electron chi connectivity index (χ0n) is 9.66. The number of aromatic nitrogens is 1. The molecule has 1 saturated carbocycles. The van der Waals surface area contributed by atoms with Gasteiger partial charge in [0.25, 0.3) is 0 Å². The quantitative estimate of drug-likeness (QED) is 0.793. The maximum atomic E-state index is 5.78. The Labute approximate surface area is 91.6 Å². The molecule has 2 rings (SSSR count). The van der Waals surface area contributed by atoms with Crippen LogP contribution >= 0.6 is 0 Å². The van der Waals surface area contributed by atoms with E-state index in [1.54, 1.807) is 0 Å². The summed E-state index contributed by atoms with van der Waals surface area (Å²) in [7, 11) is 0. The van der Waals surface area contributed by atoms with E-state index in [9.17, 15) is 0 Å². The fraction of sp³-hybridized carbons (Fsp3) is 0.667. The van der Waals surface area contributed by atoms with Crippen LogP contribution in [0.2, 0.25) is 0 Å². The third-order valence-electron chi connectivity index (χ3n) is 3.53. The Morgan fingerprint density at radius 2 is 2.00 bits per heavy atom. The minimum absolute atomic E-state index is 0.555. The minimum Gasteiger partial charge on any atom is -0.330 e. The summed E-state index contributed by atoms with van der Waals surface area (Å²) < 4.78 is 2.19. The van der Waals surface area contributed by atoms with Gasteiger partial charge in [0.2, 0.25) is 0 Å². The molecule has 1 aromatic rings. The molecule has 2 unspecified atom stereocenters. The molecule has 1 heterocycles. The Morgan fingerprint density at radius 3 is 2.60 bits per heavy atom. The van der Waals surface area contributed by atoms with E-state index in [4.69, 9.17) is 5.73 Å². The summed E-state index contributed by atoms with van der Waals surface area (Å²) in [5.74, 6) is 0.645. The van der Waals surface area contributed by atoms with E-state index in [1.807, 2.05) is 0 Å². The molecule has 3 nitrogen and oxygen atoms in total. The molecule has 1 aliphatic rings. The number of aryl methyl sites for hydroxylation is 2. The maximum Gasteiger partial charge on any atom is 0.0464 e. The summed E-state index contributed by atoms with van der Waals surface area (Å²) in [6.07, 6.45) is 3.82. The van der Waals surface area contributed by atoms with Gasteiger partial charge in [0.1, 0.15) is 0 Å². The maximum absolute atomic E-state index is 5.78. The normalized spacial score (nSPS) is 25.8. The molecule has 3 heteroatoms. The van der Waals surface area contributed by atoms with Gasteiger partial charge in [0.05, 0.1) is 0 Å². The third-order valence-corrected chi connectivity index (χ3v) is 3.53. The lowest BCUT2D eigenvalue weighted by atomic mass is 10.1. The molecule has 2 atom stereocenters. The first-order chi connectivity index (χ1) is 7.22. The first-order valence-electron chi connectivity index (χ1n) is 5.84. The van der Waals surface area contributed by atoms with Crippen molar-refractivity contribution in [3.63, 3.8) is 0 Å². The standard InChI is InChI=1S/C12H21N3/c1-9-6-7-10(2)15(9)14-12-5-3-4-11(12)8-13/h6-7,11-12,14H,3-5,8,13H2,1-2H3. The van der Waals surface area contributed by atoms with Crippen molar-refractivity contribution in [3.05, 3.63) is 23.5 Å². The summed E-state index contributed by atoms with van der Waals surface area (Å²) in [4.78, 5) is 0. The van der Waals surface area contributed by atoms with Gasteiger partial charge in [0, 0.05) is 17.4 Å². The van der Waals surface area contributed by atoms with E-state index >= 15 is 0 Å². The number of nitrogens with zero attached hydrogens (tertiary/aromatic N) is 1. The molecule has 1 aliphatic carbocycles. The predicted molar refractivity (Wildman–Crippen MR) is 63.5 cm³/mol. The number of nitrogens with one attached hydrogen (secondary N) is 1. The lowest BCUT2D eigenvalue weighted by Gasteiger charge is -2.23. The van der Waals surface area contributed by atoms with Crippen LogP contribution in [0.1, 0.15) is 30.7 Å². The highest BCUT2D eigenvalue weighted by Gasteiger charge is 2.26. The van der Waals surface area contributed by atoms with Gasteiger partial charge in [-0.15, -0.1) is 0 Å². The Hall–Kier alpha value is -0.960. The van der Waals surface area contributed by atoms with Crippen molar-refractivity contribution in [3.8, 4) is 0 Å². The van der Waals surface area contributed by atoms with E-state index in [-0.39, 0.29) is 0 Å². The Balaban J connectivity index is 2.08. The Kier molecular flexibility index (Phi) is 3.00. The third kappa shape index (κ3) is 2.02. The van der Waals surface area contributed by atoms with Gasteiger partial charge in [-0.1, -0.05) is 6.42 Å². The zero-order valence-corrected chi connectivity index (χ0v) is 9.66. The largest absolute Gasteiger partial charge is 0.330 e. The number of hydrogen-bond donors (Lipinski definition) is 2. The van der Waals surface area contributed by atoms with Crippen molar-refractivity contribution in [2.75, 3.05) is 12.0 Å². The molecule has 1 aromatic heterocycles. The molecule has 0 radical (unpaired) electrons. The van der Waals surface area contributed by atoms with Gasteiger partial charge in [-0.25, -0.2) is 0 Å². The second kappa shape index (κ2) is 4.27. The van der Waals surface area contributed by atoms with Crippen LogP contribution in [-0.4, -0.2) is 17.3 Å². The van der Waals surface area contributed by atoms with Crippen LogP contribution in [0.5, 0.6) is 0 Å². The topological polar surface area (TPSA) is 43.0 Å². The first-order valence-corrected chi connectivity index (χ1v) is 5.84. The molecule has 0 amide bonds. The first kappa shape index (κ1) is 10.6. The van der Waals surface area contributed by atoms with Gasteiger partial charge < -0.3 is 11.2 Å². The highest BCUT2D eigenvalue weighted by atomic mass is 15.4. The van der Waals surface area contributed by atoms with Crippen LogP contribution in [0.3, 0.4) is 0 Å². The monoisotopic (exact) mass is 207 g/mol. The highest BCUT2D eigenvalue weighted by molar-refractivity contribution is 5.16. The average molecular weight is 207 g/mol. The zero-order chi connectivity index (χ0) is 10.8. The minimum atomic E-state index is 0.555. The number of hydrogen-bond acceptors (Lipinski definition) is 2. The van der Waals surface area contributed by atoms with E-state index < -0.39 is 0 Å². The van der Waals surface area contributed by atoms with Crippen molar-refractivity contribution in [1.29, 1.82) is 0 Å². The molecular weight excluding hydrogens is 186 g/mol. The predicted octanol–water partition coefficient (Wildman–Crippen LogP) is 1.78. The molecule has 0 bridgehead atoms. The summed E-state index contributed by atoms with van der Waals surface area (Å²) in [6, 6.07) is 4.85. The van der Waals surface area contributed by atoms with Crippen molar-refractivity contribution < 1.29 is 0 Å². The molecule has 0 aromatic carbocycles. The Bertz CT molecular complexity index is 310. The lowest BCUT2D eigenvalue weighted by Crippen LogP contribution is -2.35. The summed E-state index contributed by atoms with van der Waals surface area (Å²) in [6.45, 7) is 5.07. The summed E-state index contributed by atoms with van der Waals surface area (Å²) >= 11 is 0. The summed E-state index contributed by atoms with van der Waals surface area (Å²) in [5.41, 5.74) is 11.9. The van der Waals surface area contributed by atoms with Crippen LogP contribution in [0.4, 0.5) is 0 Å². The van der Waals surface area contributed by atoms with Gasteiger partial charge >= 0.3 is 0 Å². The van der Waals surface area contributed by atoms with Crippen molar-refractivity contribution in [2.24, 2.45) is 11.7 Å². The van der Waals surface area contributed by atoms with Gasteiger partial charge in [-0.3, -0.25) is 4.68 Å². The smallest absolute Gasteiger partial charge is 0.0464 e. The molecule has 1 fully saturated rings. The van der Waals surface area contributed by atoms with Crippen LogP contribution in [0.25, 0.3) is 0 Å². The molecule has 15 heavy (non-hydrogen) atoms. The van der Waals surface area contributed by atoms with E-state index in [0.717, 1.165) is 6.54 Å². The molecule has 0 aliphatic heterocycles. The van der Waals surface area contributed by atoms with Crippen molar-refractivity contribution in [1.82, 2.24) is 4.68 Å². The Morgan fingerprint density at radius 1 is 1.33 bits per heavy atom. The van der Waals surface area contributed by atoms with Crippen molar-refractivity contribution in [2.45, 2.75) is 39.2 Å². The second-order valence-electron chi connectivity index (χ2n) is 4.61. The molecule has 0 spiro atoms. The molecule has 84 valence electrons. The van der Waals surface area contributed by atoms with E-state index in [1.165, 1.54) is 30.7 Å². The van der Waals surface area contributed by atoms with Crippen LogP contribution in [-0.2, 0) is 0 Å². The number of nitrogens with two attached hydrogens (primary N) is 1.